The van der Waals surface area contributed by atoms with Crippen LogP contribution in [0, 0.1) is 0 Å². The van der Waals surface area contributed by atoms with Crippen LogP contribution in [-0.4, -0.2) is 54.4 Å². The topological polar surface area (TPSA) is 83.5 Å². The fourth-order valence-corrected chi connectivity index (χ4v) is 4.75. The third kappa shape index (κ3) is 7.26. The number of nitrogens with one attached hydrogen (secondary N) is 3. The Hall–Kier alpha value is -2.97. The summed E-state index contributed by atoms with van der Waals surface area (Å²) < 4.78 is 2.13. The number of fused-ring (bicyclic) bond motifs is 1. The molecule has 1 aromatic carbocycles. The van der Waals surface area contributed by atoms with Gasteiger partial charge in [-0.05, 0) is 63.0 Å². The summed E-state index contributed by atoms with van der Waals surface area (Å²) in [6.45, 7) is 10.5. The molecule has 8 heteroatoms. The molecule has 0 aliphatic rings. The Morgan fingerprint density at radius 1 is 0.886 bits per heavy atom. The van der Waals surface area contributed by atoms with E-state index >= 15 is 0 Å². The van der Waals surface area contributed by atoms with E-state index in [-0.39, 0.29) is 0 Å². The van der Waals surface area contributed by atoms with Crippen molar-refractivity contribution in [2.45, 2.75) is 65.6 Å². The van der Waals surface area contributed by atoms with E-state index in [2.05, 4.69) is 73.4 Å². The SMILES string of the molecule is CCCN(CCC)CCCCc1nc2ccc(CN(Cc3ncc[nH]3)Cc3[nH]cc[n+]3C)cc2[nH]1. The fourth-order valence-electron chi connectivity index (χ4n) is 4.75. The second-order valence-electron chi connectivity index (χ2n) is 9.53. The molecule has 0 saturated heterocycles. The van der Waals surface area contributed by atoms with Gasteiger partial charge < -0.3 is 14.9 Å². The van der Waals surface area contributed by atoms with Gasteiger partial charge in [0, 0.05) is 25.4 Å². The standard InChI is InChI=1S/C27H40N8/c1-4-14-34(15-5-2)16-7-6-8-25-31-23-10-9-22(18-24(23)32-25)19-35(20-26-28-11-12-29-26)21-27-30-13-17-33(27)3/h9-13,17-18H,4-8,14-16,19-21H2,1-3H3,(H2,28,29,31,32)/p+1. The molecule has 0 spiro atoms. The van der Waals surface area contributed by atoms with E-state index < -0.39 is 0 Å². The molecule has 35 heavy (non-hydrogen) atoms. The molecule has 0 fully saturated rings. The Kier molecular flexibility index (Phi) is 9.08. The van der Waals surface area contributed by atoms with Gasteiger partial charge in [0.1, 0.15) is 30.6 Å². The molecule has 4 rings (SSSR count). The number of hydrogen-bond donors (Lipinski definition) is 3. The molecule has 4 aromatic rings. The molecule has 0 radical (unpaired) electrons. The quantitative estimate of drug-likeness (QED) is 0.178. The van der Waals surface area contributed by atoms with E-state index in [4.69, 9.17) is 4.98 Å². The highest BCUT2D eigenvalue weighted by Crippen LogP contribution is 2.18. The van der Waals surface area contributed by atoms with Gasteiger partial charge >= 0.3 is 0 Å². The summed E-state index contributed by atoms with van der Waals surface area (Å²) in [5.74, 6) is 3.24. The molecule has 8 nitrogen and oxygen atoms in total. The van der Waals surface area contributed by atoms with Crippen molar-refractivity contribution in [3.05, 3.63) is 66.0 Å². The van der Waals surface area contributed by atoms with Crippen molar-refractivity contribution in [1.82, 2.24) is 34.7 Å². The van der Waals surface area contributed by atoms with Gasteiger partial charge in [0.15, 0.2) is 0 Å². The van der Waals surface area contributed by atoms with E-state index in [0.29, 0.717) is 0 Å². The van der Waals surface area contributed by atoms with Crippen LogP contribution in [0.1, 0.15) is 62.6 Å². The number of nitrogens with zero attached hydrogens (tertiary/aromatic N) is 5. The van der Waals surface area contributed by atoms with Crippen molar-refractivity contribution >= 4 is 11.0 Å². The molecular formula is C27H41N8+. The minimum Gasteiger partial charge on any atom is -0.348 e. The van der Waals surface area contributed by atoms with E-state index in [1.807, 2.05) is 24.8 Å². The Morgan fingerprint density at radius 3 is 2.46 bits per heavy atom. The number of aromatic amines is 3. The minimum atomic E-state index is 0.755. The smallest absolute Gasteiger partial charge is 0.268 e. The van der Waals surface area contributed by atoms with Crippen LogP contribution in [0.5, 0.6) is 0 Å². The first-order chi connectivity index (χ1) is 17.1. The predicted molar refractivity (Wildman–Crippen MR) is 140 cm³/mol. The summed E-state index contributed by atoms with van der Waals surface area (Å²) in [4.78, 5) is 24.4. The molecule has 3 heterocycles. The Bertz CT molecular complexity index is 1140. The number of H-pyrrole nitrogens is 3. The van der Waals surface area contributed by atoms with Crippen molar-refractivity contribution in [2.75, 3.05) is 19.6 Å². The van der Waals surface area contributed by atoms with Crippen molar-refractivity contribution in [1.29, 1.82) is 0 Å². The van der Waals surface area contributed by atoms with Gasteiger partial charge in [0.25, 0.3) is 5.82 Å². The zero-order valence-electron chi connectivity index (χ0n) is 21.6. The van der Waals surface area contributed by atoms with Crippen LogP contribution >= 0.6 is 0 Å². The second kappa shape index (κ2) is 12.7. The molecule has 0 amide bonds. The molecule has 0 bridgehead atoms. The highest BCUT2D eigenvalue weighted by atomic mass is 15.2. The van der Waals surface area contributed by atoms with E-state index in [1.165, 1.54) is 50.9 Å². The maximum atomic E-state index is 4.85. The van der Waals surface area contributed by atoms with Crippen molar-refractivity contribution in [3.8, 4) is 0 Å². The number of aryl methyl sites for hydroxylation is 2. The van der Waals surface area contributed by atoms with Crippen molar-refractivity contribution in [3.63, 3.8) is 0 Å². The second-order valence-corrected chi connectivity index (χ2v) is 9.53. The lowest BCUT2D eigenvalue weighted by Gasteiger charge is -2.20. The van der Waals surface area contributed by atoms with E-state index in [1.54, 1.807) is 0 Å². The molecule has 0 unspecified atom stereocenters. The number of benzene rings is 1. The van der Waals surface area contributed by atoms with Crippen LogP contribution in [0.25, 0.3) is 11.0 Å². The van der Waals surface area contributed by atoms with E-state index in [9.17, 15) is 0 Å². The monoisotopic (exact) mass is 477 g/mol. The van der Waals surface area contributed by atoms with Crippen LogP contribution in [-0.2, 0) is 33.1 Å². The van der Waals surface area contributed by atoms with Crippen LogP contribution in [0.2, 0.25) is 0 Å². The summed E-state index contributed by atoms with van der Waals surface area (Å²) in [5.41, 5.74) is 3.44. The first-order valence-corrected chi connectivity index (χ1v) is 13.1. The predicted octanol–water partition coefficient (Wildman–Crippen LogP) is 4.09. The number of aromatic nitrogens is 6. The van der Waals surface area contributed by atoms with Gasteiger partial charge in [0.2, 0.25) is 0 Å². The van der Waals surface area contributed by atoms with Crippen molar-refractivity contribution in [2.24, 2.45) is 7.05 Å². The lowest BCUT2D eigenvalue weighted by Crippen LogP contribution is -2.35. The number of unbranched alkanes of at least 4 members (excludes halogenated alkanes) is 1. The highest BCUT2D eigenvalue weighted by molar-refractivity contribution is 5.75. The maximum Gasteiger partial charge on any atom is 0.268 e. The molecule has 0 aliphatic heterocycles. The summed E-state index contributed by atoms with van der Waals surface area (Å²) in [6.07, 6.45) is 13.6. The van der Waals surface area contributed by atoms with Gasteiger partial charge in [-0.3, -0.25) is 4.90 Å². The Labute approximate surface area is 208 Å². The largest absolute Gasteiger partial charge is 0.348 e. The summed E-state index contributed by atoms with van der Waals surface area (Å²) in [7, 11) is 2.07. The van der Waals surface area contributed by atoms with Crippen LogP contribution in [0.15, 0.2) is 43.0 Å². The van der Waals surface area contributed by atoms with Crippen LogP contribution in [0.3, 0.4) is 0 Å². The summed E-state index contributed by atoms with van der Waals surface area (Å²) in [5, 5.41) is 0. The molecule has 0 aliphatic carbocycles. The number of hydrogen-bond acceptors (Lipinski definition) is 4. The van der Waals surface area contributed by atoms with Crippen LogP contribution < -0.4 is 4.57 Å². The lowest BCUT2D eigenvalue weighted by molar-refractivity contribution is -0.679. The molecular weight excluding hydrogens is 436 g/mol. The van der Waals surface area contributed by atoms with Gasteiger partial charge in [-0.1, -0.05) is 19.9 Å². The fraction of sp³-hybridized carbons (Fsp3) is 0.519. The molecule has 3 aromatic heterocycles. The Balaban J connectivity index is 1.37. The third-order valence-corrected chi connectivity index (χ3v) is 6.49. The summed E-state index contributed by atoms with van der Waals surface area (Å²) >= 11 is 0. The molecule has 3 N–H and O–H groups in total. The van der Waals surface area contributed by atoms with E-state index in [0.717, 1.165) is 54.6 Å². The van der Waals surface area contributed by atoms with Gasteiger partial charge in [-0.2, -0.15) is 0 Å². The average Bonchev–Trinajstić information content (AvgIpc) is 3.59. The third-order valence-electron chi connectivity index (χ3n) is 6.49. The number of rotatable bonds is 15. The van der Waals surface area contributed by atoms with Gasteiger partial charge in [-0.25, -0.2) is 19.5 Å². The zero-order valence-corrected chi connectivity index (χ0v) is 21.6. The molecule has 188 valence electrons. The van der Waals surface area contributed by atoms with Crippen LogP contribution in [0.4, 0.5) is 0 Å². The molecule has 0 saturated carbocycles. The van der Waals surface area contributed by atoms with Crippen molar-refractivity contribution < 1.29 is 4.57 Å². The Morgan fingerprint density at radius 2 is 1.74 bits per heavy atom. The normalized spacial score (nSPS) is 11.9. The average molecular weight is 478 g/mol. The maximum absolute atomic E-state index is 4.85. The molecule has 0 atom stereocenters. The van der Waals surface area contributed by atoms with Gasteiger partial charge in [-0.15, -0.1) is 0 Å². The first kappa shape index (κ1) is 25.1. The highest BCUT2D eigenvalue weighted by Gasteiger charge is 2.16. The summed E-state index contributed by atoms with van der Waals surface area (Å²) in [6, 6.07) is 6.60. The zero-order chi connectivity index (χ0) is 24.5. The van der Waals surface area contributed by atoms with Gasteiger partial charge in [0.05, 0.1) is 24.6 Å². The lowest BCUT2D eigenvalue weighted by atomic mass is 10.2. The first-order valence-electron chi connectivity index (χ1n) is 13.1. The minimum absolute atomic E-state index is 0.755. The number of imidazole rings is 3.